The molecule has 1 aliphatic rings. The van der Waals surface area contributed by atoms with E-state index < -0.39 is 0 Å². The first kappa shape index (κ1) is 13.7. The number of nitrogens with one attached hydrogen (secondary N) is 1. The fourth-order valence-corrected chi connectivity index (χ4v) is 2.34. The van der Waals surface area contributed by atoms with Crippen LogP contribution in [0.1, 0.15) is 31.4 Å². The molecule has 1 amide bonds. The normalized spacial score (nSPS) is 13.7. The van der Waals surface area contributed by atoms with Crippen molar-refractivity contribution in [2.75, 3.05) is 18.9 Å². The van der Waals surface area contributed by atoms with E-state index in [4.69, 9.17) is 4.74 Å². The molecule has 0 spiro atoms. The molecule has 0 atom stereocenters. The largest absolute Gasteiger partial charge is 0.447 e. The van der Waals surface area contributed by atoms with Crippen LogP contribution in [-0.2, 0) is 17.7 Å². The van der Waals surface area contributed by atoms with Crippen molar-refractivity contribution in [3.8, 4) is 0 Å². The molecule has 0 saturated carbocycles. The highest BCUT2D eigenvalue weighted by Crippen LogP contribution is 2.26. The lowest BCUT2D eigenvalue weighted by Gasteiger charge is -2.24. The smallest absolute Gasteiger partial charge is 0.410 e. The first-order valence-corrected chi connectivity index (χ1v) is 6.84. The number of carbonyl (C=O) groups is 1. The second-order valence-electron chi connectivity index (χ2n) is 5.26. The Hall–Kier alpha value is -1.71. The maximum Gasteiger partial charge on any atom is 0.410 e. The maximum atomic E-state index is 11.8. The number of fused-ring (bicyclic) bond motifs is 1. The van der Waals surface area contributed by atoms with Gasteiger partial charge in [-0.1, -0.05) is 12.1 Å². The monoisotopic (exact) mass is 262 g/mol. The molecule has 0 fully saturated rings. The molecule has 1 aromatic rings. The number of hydrogen-bond donors (Lipinski definition) is 1. The van der Waals surface area contributed by atoms with Crippen LogP contribution in [-0.4, -0.2) is 30.7 Å². The van der Waals surface area contributed by atoms with Crippen LogP contribution in [0.15, 0.2) is 18.2 Å². The predicted molar refractivity (Wildman–Crippen MR) is 76.3 cm³/mol. The fourth-order valence-electron chi connectivity index (χ4n) is 2.34. The van der Waals surface area contributed by atoms with Crippen LogP contribution in [0.4, 0.5) is 10.5 Å². The van der Waals surface area contributed by atoms with Crippen molar-refractivity contribution in [3.63, 3.8) is 0 Å². The van der Waals surface area contributed by atoms with Crippen LogP contribution >= 0.6 is 0 Å². The van der Waals surface area contributed by atoms with Gasteiger partial charge in [-0.05, 0) is 43.9 Å². The average molecular weight is 262 g/mol. The summed E-state index contributed by atoms with van der Waals surface area (Å²) in [6, 6.07) is 6.23. The summed E-state index contributed by atoms with van der Waals surface area (Å²) in [6.07, 6.45) is 1.87. The standard InChI is InChI=1S/C15H22N2O2/c1-11(2)19-15(18)17(3)10-12-6-4-8-14-13(12)7-5-9-16-14/h4,6,8,11,16H,5,7,9-10H2,1-3H3. The molecule has 1 N–H and O–H groups in total. The van der Waals surface area contributed by atoms with Crippen molar-refractivity contribution in [2.24, 2.45) is 0 Å². The highest BCUT2D eigenvalue weighted by Gasteiger charge is 2.17. The Morgan fingerprint density at radius 1 is 1.47 bits per heavy atom. The van der Waals surface area contributed by atoms with Gasteiger partial charge < -0.3 is 15.0 Å². The number of ether oxygens (including phenoxy) is 1. The molecule has 104 valence electrons. The Bertz CT molecular complexity index is 457. The fraction of sp³-hybridized carbons (Fsp3) is 0.533. The number of nitrogens with zero attached hydrogens (tertiary/aromatic N) is 1. The van der Waals surface area contributed by atoms with Gasteiger partial charge in [0.05, 0.1) is 6.10 Å². The molecule has 0 aliphatic carbocycles. The zero-order chi connectivity index (χ0) is 13.8. The van der Waals surface area contributed by atoms with Gasteiger partial charge in [0.2, 0.25) is 0 Å². The topological polar surface area (TPSA) is 41.6 Å². The summed E-state index contributed by atoms with van der Waals surface area (Å²) in [5, 5.41) is 3.40. The molecule has 19 heavy (non-hydrogen) atoms. The number of rotatable bonds is 3. The molecule has 0 saturated heterocycles. The molecular weight excluding hydrogens is 240 g/mol. The summed E-state index contributed by atoms with van der Waals surface area (Å²) in [4.78, 5) is 13.4. The van der Waals surface area contributed by atoms with Crippen LogP contribution in [0.3, 0.4) is 0 Å². The predicted octanol–water partition coefficient (Wildman–Crippen LogP) is 3.02. The van der Waals surface area contributed by atoms with Gasteiger partial charge in [-0.2, -0.15) is 0 Å². The molecule has 0 unspecified atom stereocenters. The molecule has 4 nitrogen and oxygen atoms in total. The van der Waals surface area contributed by atoms with Crippen molar-refractivity contribution in [1.29, 1.82) is 0 Å². The Labute approximate surface area is 114 Å². The molecule has 0 aromatic heterocycles. The highest BCUT2D eigenvalue weighted by molar-refractivity contribution is 5.68. The SMILES string of the molecule is CC(C)OC(=O)N(C)Cc1cccc2c1CCCN2. The van der Waals surface area contributed by atoms with Crippen molar-refractivity contribution in [2.45, 2.75) is 39.3 Å². The molecule has 0 bridgehead atoms. The van der Waals surface area contributed by atoms with Gasteiger partial charge in [0.25, 0.3) is 0 Å². The van der Waals surface area contributed by atoms with Crippen molar-refractivity contribution in [3.05, 3.63) is 29.3 Å². The van der Waals surface area contributed by atoms with Crippen LogP contribution in [0.2, 0.25) is 0 Å². The van der Waals surface area contributed by atoms with Crippen molar-refractivity contribution >= 4 is 11.8 Å². The number of anilines is 1. The summed E-state index contributed by atoms with van der Waals surface area (Å²) < 4.78 is 5.20. The Balaban J connectivity index is 2.08. The van der Waals surface area contributed by atoms with E-state index >= 15 is 0 Å². The lowest BCUT2D eigenvalue weighted by molar-refractivity contribution is 0.0822. The van der Waals surface area contributed by atoms with Crippen LogP contribution in [0.25, 0.3) is 0 Å². The summed E-state index contributed by atoms with van der Waals surface area (Å²) in [5.74, 6) is 0. The van der Waals surface area contributed by atoms with E-state index in [0.717, 1.165) is 19.4 Å². The molecule has 0 radical (unpaired) electrons. The van der Waals surface area contributed by atoms with E-state index in [0.29, 0.717) is 6.54 Å². The Morgan fingerprint density at radius 2 is 2.26 bits per heavy atom. The Morgan fingerprint density at radius 3 is 3.00 bits per heavy atom. The van der Waals surface area contributed by atoms with Crippen LogP contribution in [0.5, 0.6) is 0 Å². The number of carbonyl (C=O) groups excluding carboxylic acids is 1. The van der Waals surface area contributed by atoms with Gasteiger partial charge in [0, 0.05) is 25.8 Å². The third-order valence-corrected chi connectivity index (χ3v) is 3.25. The quantitative estimate of drug-likeness (QED) is 0.910. The van der Waals surface area contributed by atoms with Gasteiger partial charge in [0.1, 0.15) is 0 Å². The lowest BCUT2D eigenvalue weighted by Crippen LogP contribution is -2.29. The third-order valence-electron chi connectivity index (χ3n) is 3.25. The maximum absolute atomic E-state index is 11.8. The number of amides is 1. The number of benzene rings is 1. The minimum atomic E-state index is -0.267. The van der Waals surface area contributed by atoms with E-state index in [-0.39, 0.29) is 12.2 Å². The number of hydrogen-bond acceptors (Lipinski definition) is 3. The van der Waals surface area contributed by atoms with Gasteiger partial charge in [-0.15, -0.1) is 0 Å². The summed E-state index contributed by atoms with van der Waals surface area (Å²) >= 11 is 0. The van der Waals surface area contributed by atoms with Crippen molar-refractivity contribution in [1.82, 2.24) is 4.90 Å². The molecule has 4 heteroatoms. The minimum absolute atomic E-state index is 0.0821. The highest BCUT2D eigenvalue weighted by atomic mass is 16.6. The van der Waals surface area contributed by atoms with Gasteiger partial charge >= 0.3 is 6.09 Å². The second-order valence-corrected chi connectivity index (χ2v) is 5.26. The molecule has 1 aromatic carbocycles. The summed E-state index contributed by atoms with van der Waals surface area (Å²) in [7, 11) is 1.78. The molecular formula is C15H22N2O2. The summed E-state index contributed by atoms with van der Waals surface area (Å²) in [6.45, 7) is 5.35. The molecule has 2 rings (SSSR count). The zero-order valence-electron chi connectivity index (χ0n) is 11.9. The van der Waals surface area contributed by atoms with Gasteiger partial charge in [-0.25, -0.2) is 4.79 Å². The van der Waals surface area contributed by atoms with E-state index in [9.17, 15) is 4.79 Å². The molecule has 1 heterocycles. The van der Waals surface area contributed by atoms with Crippen molar-refractivity contribution < 1.29 is 9.53 Å². The first-order chi connectivity index (χ1) is 9.08. The molecule has 1 aliphatic heterocycles. The van der Waals surface area contributed by atoms with Gasteiger partial charge in [-0.3, -0.25) is 0 Å². The zero-order valence-corrected chi connectivity index (χ0v) is 11.9. The van der Waals surface area contributed by atoms with E-state index in [2.05, 4.69) is 17.4 Å². The van der Waals surface area contributed by atoms with E-state index in [1.54, 1.807) is 11.9 Å². The average Bonchev–Trinajstić information content (AvgIpc) is 2.38. The van der Waals surface area contributed by atoms with E-state index in [1.165, 1.54) is 16.8 Å². The second kappa shape index (κ2) is 5.95. The van der Waals surface area contributed by atoms with Crippen LogP contribution in [0, 0.1) is 0 Å². The Kier molecular flexibility index (Phi) is 4.30. The minimum Gasteiger partial charge on any atom is -0.447 e. The van der Waals surface area contributed by atoms with E-state index in [1.807, 2.05) is 19.9 Å². The summed E-state index contributed by atoms with van der Waals surface area (Å²) in [5.41, 5.74) is 3.74. The lowest BCUT2D eigenvalue weighted by atomic mass is 9.97. The first-order valence-electron chi connectivity index (χ1n) is 6.84. The third kappa shape index (κ3) is 3.40. The van der Waals surface area contributed by atoms with Crippen LogP contribution < -0.4 is 5.32 Å². The van der Waals surface area contributed by atoms with Gasteiger partial charge in [0.15, 0.2) is 0 Å².